The molecule has 2 aromatic heterocycles. The quantitative estimate of drug-likeness (QED) is 0.626. The summed E-state index contributed by atoms with van der Waals surface area (Å²) >= 11 is 0. The third-order valence-corrected chi connectivity index (χ3v) is 5.30. The molecule has 1 N–H and O–H groups in total. The molecule has 0 unspecified atom stereocenters. The average Bonchev–Trinajstić information content (AvgIpc) is 3.33. The number of nitrogens with one attached hydrogen (secondary N) is 1. The van der Waals surface area contributed by atoms with Gasteiger partial charge in [-0.25, -0.2) is 4.98 Å². The summed E-state index contributed by atoms with van der Waals surface area (Å²) in [5, 5.41) is 2.87. The van der Waals surface area contributed by atoms with Crippen molar-refractivity contribution in [3.8, 4) is 11.5 Å². The van der Waals surface area contributed by atoms with E-state index in [0.29, 0.717) is 22.7 Å². The second-order valence-corrected chi connectivity index (χ2v) is 7.36. The van der Waals surface area contributed by atoms with E-state index < -0.39 is 0 Å². The summed E-state index contributed by atoms with van der Waals surface area (Å²) in [5.41, 5.74) is 2.28. The molecule has 162 valence electrons. The van der Waals surface area contributed by atoms with Gasteiger partial charge in [0.05, 0.1) is 38.6 Å². The van der Waals surface area contributed by atoms with Crippen molar-refractivity contribution in [3.63, 3.8) is 0 Å². The number of pyridine rings is 1. The van der Waals surface area contributed by atoms with Gasteiger partial charge in [-0.15, -0.1) is 0 Å². The topological polar surface area (TPSA) is 80.1 Å². The number of methoxy groups -OCH3 is 2. The highest BCUT2D eigenvalue weighted by Gasteiger charge is 2.18. The van der Waals surface area contributed by atoms with Crippen LogP contribution in [-0.2, 0) is 6.54 Å². The van der Waals surface area contributed by atoms with Crippen LogP contribution in [0.3, 0.4) is 0 Å². The Hall–Kier alpha value is -3.52. The van der Waals surface area contributed by atoms with E-state index >= 15 is 0 Å². The van der Waals surface area contributed by atoms with Gasteiger partial charge in [0, 0.05) is 49.9 Å². The second kappa shape index (κ2) is 9.53. The lowest BCUT2D eigenvalue weighted by Gasteiger charge is -2.35. The highest BCUT2D eigenvalue weighted by atomic mass is 16.5. The standard InChI is InChI=1S/C23H26N4O4/c1-29-20-11-18(12-21(13-20)30-2)23(28)25-19-3-4-22(24-14-19)27-8-6-26(7-9-27)15-17-5-10-31-16-17/h3-5,10-14,16H,6-9,15H2,1-2H3,(H,25,28). The minimum absolute atomic E-state index is 0.250. The highest BCUT2D eigenvalue weighted by Crippen LogP contribution is 2.24. The number of anilines is 2. The van der Waals surface area contributed by atoms with Gasteiger partial charge in [-0.05, 0) is 30.3 Å². The molecule has 1 saturated heterocycles. The summed E-state index contributed by atoms with van der Waals surface area (Å²) in [7, 11) is 3.10. The smallest absolute Gasteiger partial charge is 0.255 e. The number of hydrogen-bond acceptors (Lipinski definition) is 7. The molecular weight excluding hydrogens is 396 g/mol. The number of carbonyl (C=O) groups is 1. The van der Waals surface area contributed by atoms with Crippen molar-refractivity contribution in [2.45, 2.75) is 6.54 Å². The minimum Gasteiger partial charge on any atom is -0.497 e. The Balaban J connectivity index is 1.34. The maximum absolute atomic E-state index is 12.6. The Morgan fingerprint density at radius 3 is 2.39 bits per heavy atom. The number of rotatable bonds is 7. The van der Waals surface area contributed by atoms with E-state index in [9.17, 15) is 4.79 Å². The van der Waals surface area contributed by atoms with Crippen LogP contribution in [0.4, 0.5) is 11.5 Å². The van der Waals surface area contributed by atoms with Gasteiger partial charge in [0.2, 0.25) is 0 Å². The molecule has 0 radical (unpaired) electrons. The fraction of sp³-hybridized carbons (Fsp3) is 0.304. The summed E-state index contributed by atoms with van der Waals surface area (Å²) < 4.78 is 15.6. The molecule has 1 aliphatic heterocycles. The number of piperazine rings is 1. The number of ether oxygens (including phenoxy) is 2. The zero-order chi connectivity index (χ0) is 21.6. The van der Waals surface area contributed by atoms with Gasteiger partial charge in [0.15, 0.2) is 0 Å². The number of carbonyl (C=O) groups excluding carboxylic acids is 1. The van der Waals surface area contributed by atoms with Crippen molar-refractivity contribution in [1.82, 2.24) is 9.88 Å². The van der Waals surface area contributed by atoms with Crippen LogP contribution in [0, 0.1) is 0 Å². The number of aromatic nitrogens is 1. The van der Waals surface area contributed by atoms with Gasteiger partial charge in [0.1, 0.15) is 17.3 Å². The first kappa shape index (κ1) is 20.7. The summed E-state index contributed by atoms with van der Waals surface area (Å²) in [6.45, 7) is 4.63. The van der Waals surface area contributed by atoms with Crippen LogP contribution in [0.25, 0.3) is 0 Å². The lowest BCUT2D eigenvalue weighted by atomic mass is 10.2. The Morgan fingerprint density at radius 1 is 1.06 bits per heavy atom. The van der Waals surface area contributed by atoms with Crippen molar-refractivity contribution >= 4 is 17.4 Å². The van der Waals surface area contributed by atoms with E-state index in [1.807, 2.05) is 18.2 Å². The average molecular weight is 422 g/mol. The number of amides is 1. The van der Waals surface area contributed by atoms with Crippen LogP contribution in [0.15, 0.2) is 59.5 Å². The summed E-state index contributed by atoms with van der Waals surface area (Å²) in [4.78, 5) is 21.8. The SMILES string of the molecule is COc1cc(OC)cc(C(=O)Nc2ccc(N3CCN(Cc4ccoc4)CC3)nc2)c1. The molecule has 1 fully saturated rings. The molecule has 0 spiro atoms. The monoisotopic (exact) mass is 422 g/mol. The van der Waals surface area contributed by atoms with E-state index in [4.69, 9.17) is 13.9 Å². The van der Waals surface area contributed by atoms with Gasteiger partial charge < -0.3 is 24.1 Å². The number of nitrogens with zero attached hydrogens (tertiary/aromatic N) is 3. The van der Waals surface area contributed by atoms with Crippen LogP contribution in [-0.4, -0.2) is 56.2 Å². The molecule has 4 rings (SSSR count). The second-order valence-electron chi connectivity index (χ2n) is 7.36. The lowest BCUT2D eigenvalue weighted by Crippen LogP contribution is -2.46. The number of furan rings is 1. The molecule has 3 heterocycles. The van der Waals surface area contributed by atoms with E-state index in [1.54, 1.807) is 51.1 Å². The predicted octanol–water partition coefficient (Wildman–Crippen LogP) is 3.27. The molecule has 0 bridgehead atoms. The summed E-state index contributed by atoms with van der Waals surface area (Å²) in [5.74, 6) is 1.78. The first-order valence-corrected chi connectivity index (χ1v) is 10.1. The van der Waals surface area contributed by atoms with E-state index in [2.05, 4.69) is 20.1 Å². The molecule has 8 nitrogen and oxygen atoms in total. The molecule has 1 amide bonds. The molecule has 0 saturated carbocycles. The van der Waals surface area contributed by atoms with Crippen molar-refractivity contribution in [2.24, 2.45) is 0 Å². The van der Waals surface area contributed by atoms with Gasteiger partial charge in [-0.3, -0.25) is 9.69 Å². The fourth-order valence-electron chi connectivity index (χ4n) is 3.56. The van der Waals surface area contributed by atoms with Gasteiger partial charge >= 0.3 is 0 Å². The molecule has 8 heteroatoms. The third-order valence-electron chi connectivity index (χ3n) is 5.30. The number of hydrogen-bond donors (Lipinski definition) is 1. The highest BCUT2D eigenvalue weighted by molar-refractivity contribution is 6.04. The molecule has 0 atom stereocenters. The lowest BCUT2D eigenvalue weighted by molar-refractivity contribution is 0.102. The first-order chi connectivity index (χ1) is 15.1. The molecular formula is C23H26N4O4. The summed E-state index contributed by atoms with van der Waals surface area (Å²) in [6, 6.07) is 10.9. The Kier molecular flexibility index (Phi) is 6.37. The van der Waals surface area contributed by atoms with Crippen molar-refractivity contribution in [2.75, 3.05) is 50.6 Å². The van der Waals surface area contributed by atoms with Gasteiger partial charge in [-0.1, -0.05) is 0 Å². The van der Waals surface area contributed by atoms with Crippen molar-refractivity contribution in [1.29, 1.82) is 0 Å². The zero-order valence-electron chi connectivity index (χ0n) is 17.7. The Morgan fingerprint density at radius 2 is 1.81 bits per heavy atom. The fourth-order valence-corrected chi connectivity index (χ4v) is 3.56. The molecule has 3 aromatic rings. The van der Waals surface area contributed by atoms with Gasteiger partial charge in [0.25, 0.3) is 5.91 Å². The van der Waals surface area contributed by atoms with Crippen molar-refractivity contribution in [3.05, 3.63) is 66.2 Å². The van der Waals surface area contributed by atoms with E-state index in [-0.39, 0.29) is 5.91 Å². The Bertz CT molecular complexity index is 975. The normalized spacial score (nSPS) is 14.3. The van der Waals surface area contributed by atoms with Gasteiger partial charge in [-0.2, -0.15) is 0 Å². The zero-order valence-corrected chi connectivity index (χ0v) is 17.7. The maximum Gasteiger partial charge on any atom is 0.255 e. The van der Waals surface area contributed by atoms with Crippen molar-refractivity contribution < 1.29 is 18.7 Å². The van der Waals surface area contributed by atoms with Crippen LogP contribution in [0.1, 0.15) is 15.9 Å². The van der Waals surface area contributed by atoms with Crippen LogP contribution in [0.2, 0.25) is 0 Å². The summed E-state index contributed by atoms with van der Waals surface area (Å²) in [6.07, 6.45) is 5.19. The first-order valence-electron chi connectivity index (χ1n) is 10.1. The molecule has 0 aliphatic carbocycles. The predicted molar refractivity (Wildman–Crippen MR) is 118 cm³/mol. The number of benzene rings is 1. The van der Waals surface area contributed by atoms with Crippen LogP contribution >= 0.6 is 0 Å². The molecule has 31 heavy (non-hydrogen) atoms. The maximum atomic E-state index is 12.6. The third kappa shape index (κ3) is 5.16. The minimum atomic E-state index is -0.250. The van der Waals surface area contributed by atoms with Crippen LogP contribution in [0.5, 0.6) is 11.5 Å². The largest absolute Gasteiger partial charge is 0.497 e. The Labute approximate surface area is 181 Å². The van der Waals surface area contributed by atoms with E-state index in [1.165, 1.54) is 5.56 Å². The van der Waals surface area contributed by atoms with Crippen LogP contribution < -0.4 is 19.7 Å². The molecule has 1 aliphatic rings. The van der Waals surface area contributed by atoms with E-state index in [0.717, 1.165) is 38.5 Å². The molecule has 1 aromatic carbocycles.